The van der Waals surface area contributed by atoms with E-state index in [1.807, 2.05) is 0 Å². The molecule has 0 fully saturated rings. The van der Waals surface area contributed by atoms with Crippen molar-refractivity contribution in [2.45, 2.75) is 0 Å². The van der Waals surface area contributed by atoms with Crippen molar-refractivity contribution in [3.63, 3.8) is 0 Å². The lowest BCUT2D eigenvalue weighted by Gasteiger charge is -2.18. The van der Waals surface area contributed by atoms with E-state index in [1.165, 1.54) is 15.9 Å². The second kappa shape index (κ2) is 9.24. The first-order valence-corrected chi connectivity index (χ1v) is 7.74. The second-order valence-electron chi connectivity index (χ2n) is 4.34. The summed E-state index contributed by atoms with van der Waals surface area (Å²) in [6, 6.07) is 32.3. The Labute approximate surface area is 151 Å². The molecule has 0 spiro atoms. The van der Waals surface area contributed by atoms with Gasteiger partial charge in [-0.3, -0.25) is 0 Å². The molecule has 3 heteroatoms. The lowest BCUT2D eigenvalue weighted by molar-refractivity contribution is 1.74. The van der Waals surface area contributed by atoms with Gasteiger partial charge in [-0.15, -0.1) is 24.0 Å². The lowest BCUT2D eigenvalue weighted by atomic mass is 10.4. The molecule has 0 aliphatic rings. The fourth-order valence-corrected chi connectivity index (χ4v) is 4.48. The normalized spacial score (nSPS) is 9.57. The van der Waals surface area contributed by atoms with E-state index in [0.29, 0.717) is 0 Å². The molecule has 0 atom stereocenters. The number of hydrogen-bond donors (Lipinski definition) is 0. The molecule has 21 heavy (non-hydrogen) atoms. The van der Waals surface area contributed by atoms with Crippen molar-refractivity contribution in [2.24, 2.45) is 0 Å². The van der Waals surface area contributed by atoms with Crippen LogP contribution in [0.5, 0.6) is 0 Å². The molecule has 0 nitrogen and oxygen atoms in total. The Morgan fingerprint density at radius 3 is 0.905 bits per heavy atom. The number of hydrogen-bond acceptors (Lipinski definition) is 0. The van der Waals surface area contributed by atoms with Crippen molar-refractivity contribution in [1.82, 2.24) is 0 Å². The van der Waals surface area contributed by atoms with Crippen LogP contribution < -0.4 is 15.9 Å². The second-order valence-corrected chi connectivity index (χ2v) is 6.56. The molecular weight excluding hydrogens is 406 g/mol. The standard InChI is InChI=1S/C18H15P.HI.H2S/c1-4-10-16(11-5-1)19(17-12-6-2-7-13-17)18-14-8-3-9-15-18;;/h1-15H;1H;1H2. The van der Waals surface area contributed by atoms with Gasteiger partial charge in [-0.05, 0) is 23.8 Å². The maximum Gasteiger partial charge on any atom is -0.0134 e. The third-order valence-electron chi connectivity index (χ3n) is 3.04. The summed E-state index contributed by atoms with van der Waals surface area (Å²) in [5.74, 6) is 0. The molecule has 0 unspecified atom stereocenters. The minimum Gasteiger partial charge on any atom is -0.197 e. The monoisotopic (exact) mass is 424 g/mol. The zero-order valence-corrected chi connectivity index (χ0v) is 15.7. The fourth-order valence-electron chi connectivity index (χ4n) is 2.18. The van der Waals surface area contributed by atoms with Gasteiger partial charge in [-0.25, -0.2) is 0 Å². The Kier molecular flexibility index (Phi) is 8.02. The van der Waals surface area contributed by atoms with Crippen molar-refractivity contribution in [3.8, 4) is 0 Å². The Hall–Kier alpha value is -0.830. The molecule has 108 valence electrons. The number of benzene rings is 3. The van der Waals surface area contributed by atoms with Gasteiger partial charge in [0.15, 0.2) is 0 Å². The largest absolute Gasteiger partial charge is 0.197 e. The molecule has 0 radical (unpaired) electrons. The first-order valence-electron chi connectivity index (χ1n) is 6.40. The quantitative estimate of drug-likeness (QED) is 0.437. The van der Waals surface area contributed by atoms with Crippen molar-refractivity contribution < 1.29 is 0 Å². The third-order valence-corrected chi connectivity index (χ3v) is 5.49. The van der Waals surface area contributed by atoms with Gasteiger partial charge in [0.05, 0.1) is 0 Å². The molecule has 3 aromatic rings. The van der Waals surface area contributed by atoms with E-state index in [0.717, 1.165) is 0 Å². The number of rotatable bonds is 3. The van der Waals surface area contributed by atoms with Crippen LogP contribution >= 0.6 is 45.4 Å². The average Bonchev–Trinajstić information content (AvgIpc) is 2.51. The van der Waals surface area contributed by atoms with Crippen LogP contribution in [0.3, 0.4) is 0 Å². The van der Waals surface area contributed by atoms with E-state index in [2.05, 4.69) is 91.0 Å². The van der Waals surface area contributed by atoms with Crippen molar-refractivity contribution in [2.75, 3.05) is 0 Å². The first-order chi connectivity index (χ1) is 9.45. The van der Waals surface area contributed by atoms with Crippen LogP contribution in [0.4, 0.5) is 0 Å². The molecule has 0 amide bonds. The molecule has 0 aliphatic carbocycles. The summed E-state index contributed by atoms with van der Waals surface area (Å²) in [6.45, 7) is 0. The topological polar surface area (TPSA) is 0 Å². The maximum atomic E-state index is 2.23. The van der Waals surface area contributed by atoms with Crippen LogP contribution in [0.15, 0.2) is 91.0 Å². The van der Waals surface area contributed by atoms with Gasteiger partial charge in [-0.2, -0.15) is 13.5 Å². The van der Waals surface area contributed by atoms with E-state index >= 15 is 0 Å². The molecule has 0 heterocycles. The molecule has 0 N–H and O–H groups in total. The predicted molar refractivity (Wildman–Crippen MR) is 111 cm³/mol. The highest BCUT2D eigenvalue weighted by molar-refractivity contribution is 14.0. The SMILES string of the molecule is I.S.c1ccc(P(c2ccccc2)c2ccccc2)cc1. The average molecular weight is 424 g/mol. The maximum absolute atomic E-state index is 2.23. The van der Waals surface area contributed by atoms with Crippen LogP contribution in [-0.4, -0.2) is 0 Å². The van der Waals surface area contributed by atoms with Crippen LogP contribution in [-0.2, 0) is 0 Å². The predicted octanol–water partition coefficient (Wildman–Crippen LogP) is 4.18. The molecule has 0 bridgehead atoms. The summed E-state index contributed by atoms with van der Waals surface area (Å²) in [4.78, 5) is 0. The lowest BCUT2D eigenvalue weighted by Crippen LogP contribution is -2.20. The highest BCUT2D eigenvalue weighted by Crippen LogP contribution is 2.32. The van der Waals surface area contributed by atoms with Gasteiger partial charge in [0.25, 0.3) is 0 Å². The minimum absolute atomic E-state index is 0. The molecule has 3 aromatic carbocycles. The highest BCUT2D eigenvalue weighted by atomic mass is 127. The molecular formula is C18H18IPS. The van der Waals surface area contributed by atoms with Gasteiger partial charge >= 0.3 is 0 Å². The molecule has 3 rings (SSSR count). The van der Waals surface area contributed by atoms with E-state index < -0.39 is 7.92 Å². The Balaban J connectivity index is 0.00000110. The van der Waals surface area contributed by atoms with Gasteiger partial charge in [0.1, 0.15) is 0 Å². The summed E-state index contributed by atoms with van der Waals surface area (Å²) in [5, 5.41) is 4.19. The third kappa shape index (κ3) is 4.57. The van der Waals surface area contributed by atoms with E-state index in [1.54, 1.807) is 0 Å². The summed E-state index contributed by atoms with van der Waals surface area (Å²) in [6.07, 6.45) is 0. The Morgan fingerprint density at radius 2 is 0.667 bits per heavy atom. The first kappa shape index (κ1) is 18.2. The van der Waals surface area contributed by atoms with Crippen molar-refractivity contribution in [1.29, 1.82) is 0 Å². The Morgan fingerprint density at radius 1 is 0.429 bits per heavy atom. The zero-order valence-electron chi connectivity index (χ0n) is 11.5. The van der Waals surface area contributed by atoms with Gasteiger partial charge < -0.3 is 0 Å². The van der Waals surface area contributed by atoms with E-state index in [4.69, 9.17) is 0 Å². The van der Waals surface area contributed by atoms with Crippen molar-refractivity contribution >= 4 is 61.3 Å². The van der Waals surface area contributed by atoms with E-state index in [-0.39, 0.29) is 37.5 Å². The van der Waals surface area contributed by atoms with Crippen LogP contribution in [0, 0.1) is 0 Å². The van der Waals surface area contributed by atoms with Crippen LogP contribution in [0.1, 0.15) is 0 Å². The van der Waals surface area contributed by atoms with Gasteiger partial charge in [-0.1, -0.05) is 91.0 Å². The minimum atomic E-state index is -0.446. The van der Waals surface area contributed by atoms with Crippen molar-refractivity contribution in [3.05, 3.63) is 91.0 Å². The van der Waals surface area contributed by atoms with E-state index in [9.17, 15) is 0 Å². The van der Waals surface area contributed by atoms with Crippen LogP contribution in [0.25, 0.3) is 0 Å². The van der Waals surface area contributed by atoms with Crippen LogP contribution in [0.2, 0.25) is 0 Å². The van der Waals surface area contributed by atoms with Gasteiger partial charge in [0.2, 0.25) is 0 Å². The summed E-state index contributed by atoms with van der Waals surface area (Å²) < 4.78 is 0. The summed E-state index contributed by atoms with van der Waals surface area (Å²) >= 11 is 0. The zero-order chi connectivity index (χ0) is 12.9. The summed E-state index contributed by atoms with van der Waals surface area (Å²) in [5.41, 5.74) is 0. The summed E-state index contributed by atoms with van der Waals surface area (Å²) in [7, 11) is -0.446. The smallest absolute Gasteiger partial charge is 0.0134 e. The molecule has 0 aliphatic heterocycles. The number of halogens is 1. The fraction of sp³-hybridized carbons (Fsp3) is 0. The highest BCUT2D eigenvalue weighted by Gasteiger charge is 2.14. The molecule has 0 saturated carbocycles. The van der Waals surface area contributed by atoms with Gasteiger partial charge in [0, 0.05) is 0 Å². The molecule has 0 saturated heterocycles. The molecule has 0 aromatic heterocycles. The Bertz CT molecular complexity index is 535.